The Balaban J connectivity index is 1.78. The third-order valence-corrected chi connectivity index (χ3v) is 4.79. The molecule has 2 amide bonds. The Kier molecular flexibility index (Phi) is 5.81. The first-order chi connectivity index (χ1) is 13.0. The molecule has 3 rings (SSSR count). The number of hydrogen-bond donors (Lipinski definition) is 4. The number of aromatic amines is 1. The number of rotatable bonds is 6. The third-order valence-electron chi connectivity index (χ3n) is 4.79. The van der Waals surface area contributed by atoms with Crippen molar-refractivity contribution in [1.29, 1.82) is 0 Å². The first kappa shape index (κ1) is 19.0. The van der Waals surface area contributed by atoms with E-state index in [1.54, 1.807) is 6.07 Å². The Bertz CT molecular complexity index is 803. The fourth-order valence-corrected chi connectivity index (χ4v) is 3.28. The standard InChI is InChI=1S/C20H25N3O4/c1-12(13-6-4-3-5-7-13)27-17-11-16(23-18(17)20(26)21-2)19(25)22-14-8-9-15(24)10-14/h3-7,11-12,14-15,23-24H,8-10H2,1-2H3,(H,21,26)(H,22,25)/t12-,14+,15+/m0/s1. The first-order valence-corrected chi connectivity index (χ1v) is 9.13. The maximum Gasteiger partial charge on any atom is 0.271 e. The quantitative estimate of drug-likeness (QED) is 0.625. The van der Waals surface area contributed by atoms with Gasteiger partial charge in [0, 0.05) is 19.2 Å². The van der Waals surface area contributed by atoms with Crippen LogP contribution in [-0.4, -0.2) is 41.1 Å². The van der Waals surface area contributed by atoms with Crippen LogP contribution in [0.1, 0.15) is 58.8 Å². The predicted octanol–water partition coefficient (Wildman–Crippen LogP) is 2.16. The minimum Gasteiger partial charge on any atom is -0.484 e. The summed E-state index contributed by atoms with van der Waals surface area (Å²) < 4.78 is 5.96. The van der Waals surface area contributed by atoms with Gasteiger partial charge in [0.2, 0.25) is 0 Å². The lowest BCUT2D eigenvalue weighted by Gasteiger charge is -2.15. The lowest BCUT2D eigenvalue weighted by Crippen LogP contribution is -2.33. The smallest absolute Gasteiger partial charge is 0.271 e. The number of amides is 2. The molecule has 0 bridgehead atoms. The molecule has 0 spiro atoms. The lowest BCUT2D eigenvalue weighted by molar-refractivity contribution is 0.0929. The van der Waals surface area contributed by atoms with E-state index in [4.69, 9.17) is 4.74 Å². The summed E-state index contributed by atoms with van der Waals surface area (Å²) in [4.78, 5) is 27.6. The number of carbonyl (C=O) groups excluding carboxylic acids is 2. The largest absolute Gasteiger partial charge is 0.484 e. The van der Waals surface area contributed by atoms with Crippen LogP contribution in [0.25, 0.3) is 0 Å². The third kappa shape index (κ3) is 4.49. The number of nitrogens with one attached hydrogen (secondary N) is 3. The zero-order chi connectivity index (χ0) is 19.4. The number of aromatic nitrogens is 1. The van der Waals surface area contributed by atoms with E-state index in [0.29, 0.717) is 18.6 Å². The second-order valence-corrected chi connectivity index (χ2v) is 6.81. The van der Waals surface area contributed by atoms with E-state index in [1.807, 2.05) is 37.3 Å². The van der Waals surface area contributed by atoms with E-state index in [-0.39, 0.29) is 41.5 Å². The summed E-state index contributed by atoms with van der Waals surface area (Å²) in [6.07, 6.45) is 1.31. The van der Waals surface area contributed by atoms with Gasteiger partial charge in [0.25, 0.3) is 11.8 Å². The van der Waals surface area contributed by atoms with Gasteiger partial charge < -0.3 is 25.5 Å². The van der Waals surface area contributed by atoms with Crippen molar-refractivity contribution < 1.29 is 19.4 Å². The molecule has 1 aliphatic rings. The molecule has 2 aromatic rings. The number of ether oxygens (including phenoxy) is 1. The molecule has 1 heterocycles. The molecule has 7 nitrogen and oxygen atoms in total. The van der Waals surface area contributed by atoms with Crippen LogP contribution in [0.3, 0.4) is 0 Å². The molecule has 0 radical (unpaired) electrons. The fraction of sp³-hybridized carbons (Fsp3) is 0.400. The maximum absolute atomic E-state index is 12.5. The number of carbonyl (C=O) groups is 2. The average molecular weight is 371 g/mol. The Labute approximate surface area is 158 Å². The van der Waals surface area contributed by atoms with Crippen LogP contribution in [0, 0.1) is 0 Å². The normalized spacial score (nSPS) is 20.1. The molecule has 1 aliphatic carbocycles. The zero-order valence-corrected chi connectivity index (χ0v) is 15.5. The second kappa shape index (κ2) is 8.26. The summed E-state index contributed by atoms with van der Waals surface area (Å²) in [5, 5.41) is 15.1. The van der Waals surface area contributed by atoms with Crippen molar-refractivity contribution in [2.24, 2.45) is 0 Å². The summed E-state index contributed by atoms with van der Waals surface area (Å²) in [6.45, 7) is 1.88. The Morgan fingerprint density at radius 3 is 2.59 bits per heavy atom. The summed E-state index contributed by atoms with van der Waals surface area (Å²) in [7, 11) is 1.52. The zero-order valence-electron chi connectivity index (χ0n) is 15.5. The molecule has 4 N–H and O–H groups in total. The summed E-state index contributed by atoms with van der Waals surface area (Å²) >= 11 is 0. The van der Waals surface area contributed by atoms with Crippen molar-refractivity contribution in [3.05, 3.63) is 53.3 Å². The molecule has 7 heteroatoms. The molecule has 144 valence electrons. The SMILES string of the molecule is CNC(=O)c1[nH]c(C(=O)N[C@@H]2CC[C@@H](O)C2)cc1O[C@@H](C)c1ccccc1. The maximum atomic E-state index is 12.5. The highest BCUT2D eigenvalue weighted by molar-refractivity contribution is 5.99. The number of benzene rings is 1. The number of H-pyrrole nitrogens is 1. The second-order valence-electron chi connectivity index (χ2n) is 6.81. The molecule has 0 saturated heterocycles. The van der Waals surface area contributed by atoms with Crippen LogP contribution in [0.2, 0.25) is 0 Å². The van der Waals surface area contributed by atoms with E-state index in [2.05, 4.69) is 15.6 Å². The van der Waals surface area contributed by atoms with Crippen molar-refractivity contribution in [2.45, 2.75) is 44.4 Å². The van der Waals surface area contributed by atoms with Crippen molar-refractivity contribution >= 4 is 11.8 Å². The Morgan fingerprint density at radius 1 is 1.22 bits per heavy atom. The average Bonchev–Trinajstić information content (AvgIpc) is 3.28. The summed E-state index contributed by atoms with van der Waals surface area (Å²) in [6, 6.07) is 11.1. The first-order valence-electron chi connectivity index (χ1n) is 9.13. The highest BCUT2D eigenvalue weighted by atomic mass is 16.5. The van der Waals surface area contributed by atoms with Gasteiger partial charge in [-0.3, -0.25) is 9.59 Å². The molecule has 1 aromatic heterocycles. The van der Waals surface area contributed by atoms with E-state index in [1.165, 1.54) is 7.05 Å². The van der Waals surface area contributed by atoms with Gasteiger partial charge >= 0.3 is 0 Å². The fourth-order valence-electron chi connectivity index (χ4n) is 3.28. The van der Waals surface area contributed by atoms with E-state index in [0.717, 1.165) is 12.0 Å². The topological polar surface area (TPSA) is 103 Å². The molecular weight excluding hydrogens is 346 g/mol. The Hall–Kier alpha value is -2.80. The highest BCUT2D eigenvalue weighted by Gasteiger charge is 2.26. The molecule has 27 heavy (non-hydrogen) atoms. The number of aliphatic hydroxyl groups excluding tert-OH is 1. The van der Waals surface area contributed by atoms with Crippen LogP contribution in [0.4, 0.5) is 0 Å². The molecular formula is C20H25N3O4. The molecule has 0 unspecified atom stereocenters. The van der Waals surface area contributed by atoms with E-state index < -0.39 is 0 Å². The minimum absolute atomic E-state index is 0.0631. The monoisotopic (exact) mass is 371 g/mol. The molecule has 1 aromatic carbocycles. The van der Waals surface area contributed by atoms with Crippen LogP contribution >= 0.6 is 0 Å². The van der Waals surface area contributed by atoms with Crippen LogP contribution in [0.15, 0.2) is 36.4 Å². The van der Waals surface area contributed by atoms with E-state index >= 15 is 0 Å². The molecule has 1 saturated carbocycles. The number of aliphatic hydroxyl groups is 1. The highest BCUT2D eigenvalue weighted by Crippen LogP contribution is 2.27. The van der Waals surface area contributed by atoms with Gasteiger partial charge in [-0.25, -0.2) is 0 Å². The predicted molar refractivity (Wildman–Crippen MR) is 101 cm³/mol. The van der Waals surface area contributed by atoms with Gasteiger partial charge in [0.1, 0.15) is 17.5 Å². The van der Waals surface area contributed by atoms with Crippen LogP contribution in [0.5, 0.6) is 5.75 Å². The van der Waals surface area contributed by atoms with Gasteiger partial charge in [-0.1, -0.05) is 30.3 Å². The van der Waals surface area contributed by atoms with Gasteiger partial charge in [-0.15, -0.1) is 0 Å². The van der Waals surface area contributed by atoms with Gasteiger partial charge in [-0.2, -0.15) is 0 Å². The minimum atomic E-state index is -0.369. The van der Waals surface area contributed by atoms with Crippen molar-refractivity contribution in [1.82, 2.24) is 15.6 Å². The number of hydrogen-bond acceptors (Lipinski definition) is 4. The summed E-state index contributed by atoms with van der Waals surface area (Å²) in [5.41, 5.74) is 1.43. The Morgan fingerprint density at radius 2 is 1.96 bits per heavy atom. The molecule has 0 aliphatic heterocycles. The van der Waals surface area contributed by atoms with Crippen molar-refractivity contribution in [3.8, 4) is 5.75 Å². The van der Waals surface area contributed by atoms with Crippen LogP contribution in [-0.2, 0) is 0 Å². The lowest BCUT2D eigenvalue weighted by atomic mass is 10.1. The molecule has 1 fully saturated rings. The summed E-state index contributed by atoms with van der Waals surface area (Å²) in [5.74, 6) is -0.357. The van der Waals surface area contributed by atoms with Crippen LogP contribution < -0.4 is 15.4 Å². The van der Waals surface area contributed by atoms with E-state index in [9.17, 15) is 14.7 Å². The van der Waals surface area contributed by atoms with Gasteiger partial charge in [0.15, 0.2) is 5.75 Å². The van der Waals surface area contributed by atoms with Crippen molar-refractivity contribution in [2.75, 3.05) is 7.05 Å². The van der Waals surface area contributed by atoms with Gasteiger partial charge in [-0.05, 0) is 31.7 Å². The van der Waals surface area contributed by atoms with Gasteiger partial charge in [0.05, 0.1) is 6.10 Å². The van der Waals surface area contributed by atoms with Crippen molar-refractivity contribution in [3.63, 3.8) is 0 Å². The molecule has 3 atom stereocenters.